The van der Waals surface area contributed by atoms with E-state index in [0.717, 1.165) is 11.8 Å². The van der Waals surface area contributed by atoms with Gasteiger partial charge < -0.3 is 70.8 Å². The Bertz CT molecular complexity index is 1730. The molecule has 0 aliphatic carbocycles. The minimum absolute atomic E-state index is 0.0687. The molecule has 3 rings (SSSR count). The van der Waals surface area contributed by atoms with Crippen LogP contribution in [-0.2, 0) is 58.9 Å². The van der Waals surface area contributed by atoms with Crippen LogP contribution in [0.5, 0.6) is 0 Å². The number of unbranched alkanes of at least 4 members (excludes halogenated alkanes) is 5. The number of aldehydes is 1. The Morgan fingerprint density at radius 1 is 0.606 bits per heavy atom. The van der Waals surface area contributed by atoms with Gasteiger partial charge in [-0.25, -0.2) is 5.43 Å². The molecule has 22 heteroatoms. The van der Waals surface area contributed by atoms with Crippen LogP contribution >= 0.6 is 0 Å². The number of hydrogen-bond donors (Lipinski definition) is 11. The molecule has 0 bridgehead atoms. The van der Waals surface area contributed by atoms with Gasteiger partial charge in [0, 0.05) is 71.1 Å². The van der Waals surface area contributed by atoms with Gasteiger partial charge in [-0.3, -0.25) is 34.2 Å². The van der Waals surface area contributed by atoms with Crippen molar-refractivity contribution in [3.05, 3.63) is 35.9 Å². The molecule has 1 aromatic rings. The highest BCUT2D eigenvalue weighted by Crippen LogP contribution is 2.22. The average Bonchev–Trinajstić information content (AvgIpc) is 3.34. The first-order valence-corrected chi connectivity index (χ1v) is 25.3. The van der Waals surface area contributed by atoms with E-state index in [-0.39, 0.29) is 106 Å². The first-order valence-electron chi connectivity index (χ1n) is 25.3. The second kappa shape index (κ2) is 35.5. The Balaban J connectivity index is 1.32. The summed E-state index contributed by atoms with van der Waals surface area (Å²) in [6.07, 6.45) is 0.931. The summed E-state index contributed by atoms with van der Waals surface area (Å²) in [4.78, 5) is 87.2. The van der Waals surface area contributed by atoms with E-state index >= 15 is 0 Å². The molecule has 402 valence electrons. The lowest BCUT2D eigenvalue weighted by Gasteiger charge is -2.35. The molecule has 71 heavy (non-hydrogen) atoms. The van der Waals surface area contributed by atoms with Crippen molar-refractivity contribution in [3.8, 4) is 0 Å². The van der Waals surface area contributed by atoms with Crippen molar-refractivity contribution in [2.24, 2.45) is 0 Å². The quantitative estimate of drug-likeness (QED) is 0.0239. The Hall–Kier alpha value is -4.65. The van der Waals surface area contributed by atoms with Crippen molar-refractivity contribution in [1.82, 2.24) is 37.4 Å². The SMILES string of the molecule is C[C@H]1C[C@@H](O)[C@H](O)[C@H](OCCNC(=O)CCCCC(=O)NCCCC[C@H](NC(=O)CCCCC(=O)NCCO[C@@H]2O[C@@H](C)C[C@@H](O)[C@@H]2O)C(=O)NCCCCCC(=O)NN[C@H](C=O)Cc2ccccc2)O1. The summed E-state index contributed by atoms with van der Waals surface area (Å²) in [5.74, 6) is -1.58. The molecule has 0 aromatic heterocycles. The summed E-state index contributed by atoms with van der Waals surface area (Å²) in [6.45, 7) is 4.74. The third-order valence-electron chi connectivity index (χ3n) is 11.9. The number of aliphatic hydroxyl groups excluding tert-OH is 4. The van der Waals surface area contributed by atoms with E-state index in [1.807, 2.05) is 30.3 Å². The maximum atomic E-state index is 13.3. The van der Waals surface area contributed by atoms with Crippen molar-refractivity contribution in [2.75, 3.05) is 39.4 Å². The van der Waals surface area contributed by atoms with Crippen molar-refractivity contribution in [3.63, 3.8) is 0 Å². The summed E-state index contributed by atoms with van der Waals surface area (Å²) in [7, 11) is 0. The van der Waals surface area contributed by atoms with E-state index in [1.165, 1.54) is 0 Å². The second-order valence-corrected chi connectivity index (χ2v) is 18.3. The summed E-state index contributed by atoms with van der Waals surface area (Å²) >= 11 is 0. The first kappa shape index (κ1) is 60.7. The number of benzene rings is 1. The van der Waals surface area contributed by atoms with Gasteiger partial charge in [0.05, 0.1) is 43.7 Å². The van der Waals surface area contributed by atoms with Gasteiger partial charge in [-0.15, -0.1) is 0 Å². The number of amides is 6. The molecule has 22 nitrogen and oxygen atoms in total. The van der Waals surface area contributed by atoms with Gasteiger partial charge in [0.2, 0.25) is 35.4 Å². The zero-order valence-corrected chi connectivity index (χ0v) is 41.5. The summed E-state index contributed by atoms with van der Waals surface area (Å²) in [5.41, 5.74) is 6.31. The number of carbonyl (C=O) groups excluding carboxylic acids is 7. The molecule has 2 fully saturated rings. The predicted octanol–water partition coefficient (Wildman–Crippen LogP) is -0.0349. The molecular formula is C49H81N7O15. The molecular weight excluding hydrogens is 927 g/mol. The highest BCUT2D eigenvalue weighted by molar-refractivity contribution is 5.87. The van der Waals surface area contributed by atoms with Crippen LogP contribution in [0, 0.1) is 0 Å². The lowest BCUT2D eigenvalue weighted by atomic mass is 10.0. The lowest BCUT2D eigenvalue weighted by molar-refractivity contribution is -0.262. The number of aliphatic hydroxyl groups is 4. The highest BCUT2D eigenvalue weighted by atomic mass is 16.7. The molecule has 0 unspecified atom stereocenters. The van der Waals surface area contributed by atoms with Gasteiger partial charge >= 0.3 is 0 Å². The third kappa shape index (κ3) is 26.6. The molecule has 0 saturated carbocycles. The summed E-state index contributed by atoms with van der Waals surface area (Å²) in [6, 6.07) is 8.03. The molecule has 2 heterocycles. The Labute approximate surface area is 417 Å². The van der Waals surface area contributed by atoms with E-state index in [0.29, 0.717) is 96.6 Å². The second-order valence-electron chi connectivity index (χ2n) is 18.3. The van der Waals surface area contributed by atoms with Crippen LogP contribution in [0.2, 0.25) is 0 Å². The normalized spacial score (nSPS) is 22.8. The minimum atomic E-state index is -1.18. The largest absolute Gasteiger partial charge is 0.390 e. The zero-order valence-electron chi connectivity index (χ0n) is 41.5. The van der Waals surface area contributed by atoms with Gasteiger partial charge in [0.25, 0.3) is 0 Å². The van der Waals surface area contributed by atoms with Crippen molar-refractivity contribution < 1.29 is 72.9 Å². The number of hydrogen-bond acceptors (Lipinski definition) is 16. The van der Waals surface area contributed by atoms with Crippen LogP contribution in [0.4, 0.5) is 0 Å². The minimum Gasteiger partial charge on any atom is -0.390 e. The van der Waals surface area contributed by atoms with Crippen LogP contribution in [0.3, 0.4) is 0 Å². The van der Waals surface area contributed by atoms with Gasteiger partial charge in [0.15, 0.2) is 12.6 Å². The molecule has 2 aliphatic rings. The van der Waals surface area contributed by atoms with Gasteiger partial charge in [0.1, 0.15) is 24.5 Å². The molecule has 11 N–H and O–H groups in total. The van der Waals surface area contributed by atoms with E-state index in [1.54, 1.807) is 13.8 Å². The molecule has 6 amide bonds. The maximum absolute atomic E-state index is 13.3. The molecule has 2 saturated heterocycles. The topological polar surface area (TPSA) is 322 Å². The molecule has 0 radical (unpaired) electrons. The predicted molar refractivity (Wildman–Crippen MR) is 258 cm³/mol. The molecule has 1 aromatic carbocycles. The molecule has 10 atom stereocenters. The van der Waals surface area contributed by atoms with Crippen molar-refractivity contribution in [1.29, 1.82) is 0 Å². The van der Waals surface area contributed by atoms with E-state index in [4.69, 9.17) is 18.9 Å². The lowest BCUT2D eigenvalue weighted by Crippen LogP contribution is -2.49. The number of nitrogens with one attached hydrogen (secondary N) is 7. The van der Waals surface area contributed by atoms with E-state index < -0.39 is 49.1 Å². The average molecular weight is 1010 g/mol. The Morgan fingerprint density at radius 3 is 1.61 bits per heavy atom. The van der Waals surface area contributed by atoms with Crippen LogP contribution in [0.25, 0.3) is 0 Å². The number of hydrazine groups is 1. The van der Waals surface area contributed by atoms with Crippen LogP contribution in [0.1, 0.15) is 129 Å². The third-order valence-corrected chi connectivity index (χ3v) is 11.9. The highest BCUT2D eigenvalue weighted by Gasteiger charge is 2.36. The molecule has 2 aliphatic heterocycles. The summed E-state index contributed by atoms with van der Waals surface area (Å²) < 4.78 is 22.0. The smallest absolute Gasteiger partial charge is 0.242 e. The van der Waals surface area contributed by atoms with Gasteiger partial charge in [-0.05, 0) is 83.6 Å². The van der Waals surface area contributed by atoms with E-state index in [2.05, 4.69) is 37.4 Å². The fourth-order valence-corrected chi connectivity index (χ4v) is 7.86. The molecule has 0 spiro atoms. The monoisotopic (exact) mass is 1010 g/mol. The standard InChI is InChI=1S/C49H81N7O15/c1-33-29-38(58)45(65)48(70-33)68-27-25-51-41(61)19-9-8-18-40(60)50-23-14-12-17-37(47(67)53-24-13-4-7-22-44(64)56-55-36(32-57)31-35-15-5-3-6-16-35)54-43(63)21-11-10-20-42(62)52-26-28-69-49-46(66)39(59)30-34(2)71-49/h3,5-6,15-16,32-34,36-39,45-46,48-49,55,58-59,65-66H,4,7-14,17-31H2,1-2H3,(H,50,60)(H,51,61)(H,52,62)(H,53,67)(H,54,63)(H,56,64)/t33-,34-,36-,37-,38+,39+,45-,46-,48+,49+/m0/s1. The Kier molecular flexibility index (Phi) is 30.3. The van der Waals surface area contributed by atoms with Crippen LogP contribution in [-0.4, -0.2) is 163 Å². The fourth-order valence-electron chi connectivity index (χ4n) is 7.86. The van der Waals surface area contributed by atoms with Crippen molar-refractivity contribution >= 4 is 41.7 Å². The first-order chi connectivity index (χ1) is 34.1. The number of ether oxygens (including phenoxy) is 4. The van der Waals surface area contributed by atoms with Crippen LogP contribution < -0.4 is 37.4 Å². The van der Waals surface area contributed by atoms with E-state index in [9.17, 15) is 54.0 Å². The van der Waals surface area contributed by atoms with Gasteiger partial charge in [-0.1, -0.05) is 36.8 Å². The maximum Gasteiger partial charge on any atom is 0.242 e. The number of rotatable bonds is 36. The van der Waals surface area contributed by atoms with Crippen molar-refractivity contribution in [2.45, 2.75) is 191 Å². The summed E-state index contributed by atoms with van der Waals surface area (Å²) in [5, 5.41) is 53.9. The number of carbonyl (C=O) groups is 7. The Morgan fingerprint density at radius 2 is 1.07 bits per heavy atom. The van der Waals surface area contributed by atoms with Gasteiger partial charge in [-0.2, -0.15) is 0 Å². The fraction of sp³-hybridized carbons (Fsp3) is 0.735. The van der Waals surface area contributed by atoms with Crippen LogP contribution in [0.15, 0.2) is 30.3 Å². The zero-order chi connectivity index (χ0) is 51.8.